The van der Waals surface area contributed by atoms with Gasteiger partial charge in [0.1, 0.15) is 5.75 Å². The lowest BCUT2D eigenvalue weighted by atomic mass is 10.1. The molecule has 2 amide bonds. The summed E-state index contributed by atoms with van der Waals surface area (Å²) in [5, 5.41) is 5.83. The lowest BCUT2D eigenvalue weighted by Gasteiger charge is -2.19. The fourth-order valence-corrected chi connectivity index (χ4v) is 3.28. The van der Waals surface area contributed by atoms with Crippen LogP contribution in [0, 0.1) is 0 Å². The summed E-state index contributed by atoms with van der Waals surface area (Å²) in [5.41, 5.74) is 2.90. The quantitative estimate of drug-likeness (QED) is 0.534. The van der Waals surface area contributed by atoms with Gasteiger partial charge in [-0.2, -0.15) is 0 Å². The minimum Gasteiger partial charge on any atom is -0.481 e. The van der Waals surface area contributed by atoms with Crippen LogP contribution in [-0.2, 0) is 11.2 Å². The second kappa shape index (κ2) is 10.4. The van der Waals surface area contributed by atoms with Crippen LogP contribution in [0.1, 0.15) is 48.3 Å². The Bertz CT molecular complexity index is 1030. The van der Waals surface area contributed by atoms with E-state index < -0.39 is 6.10 Å². The number of rotatable bonds is 8. The van der Waals surface area contributed by atoms with E-state index in [1.807, 2.05) is 68.4 Å². The number of carbonyl (C=O) groups excluding carboxylic acids is 2. The predicted molar refractivity (Wildman–Crippen MR) is 123 cm³/mol. The fourth-order valence-electron chi connectivity index (χ4n) is 3.28. The first-order valence-electron chi connectivity index (χ1n) is 10.5. The van der Waals surface area contributed by atoms with Gasteiger partial charge in [0.15, 0.2) is 6.10 Å². The van der Waals surface area contributed by atoms with E-state index in [4.69, 9.17) is 4.74 Å². The number of hydrogen-bond donors (Lipinski definition) is 2. The molecule has 5 heteroatoms. The molecule has 0 heterocycles. The van der Waals surface area contributed by atoms with Gasteiger partial charge >= 0.3 is 0 Å². The third kappa shape index (κ3) is 5.72. The number of hydrogen-bond acceptors (Lipinski definition) is 3. The number of para-hydroxylation sites is 2. The Morgan fingerprint density at radius 1 is 0.871 bits per heavy atom. The molecule has 0 radical (unpaired) electrons. The van der Waals surface area contributed by atoms with Crippen molar-refractivity contribution in [2.75, 3.05) is 5.32 Å². The predicted octanol–water partition coefficient (Wildman–Crippen LogP) is 5.15. The molecule has 0 saturated carbocycles. The summed E-state index contributed by atoms with van der Waals surface area (Å²) < 4.78 is 5.88. The van der Waals surface area contributed by atoms with E-state index in [1.54, 1.807) is 31.2 Å². The zero-order chi connectivity index (χ0) is 22.2. The minimum atomic E-state index is -0.716. The number of benzene rings is 3. The first-order valence-corrected chi connectivity index (χ1v) is 10.5. The lowest BCUT2D eigenvalue weighted by Crippen LogP contribution is -2.32. The van der Waals surface area contributed by atoms with Crippen LogP contribution in [0.25, 0.3) is 0 Å². The van der Waals surface area contributed by atoms with Gasteiger partial charge in [-0.3, -0.25) is 9.59 Å². The molecule has 3 rings (SSSR count). The van der Waals surface area contributed by atoms with Crippen LogP contribution in [-0.4, -0.2) is 17.9 Å². The van der Waals surface area contributed by atoms with E-state index in [2.05, 4.69) is 10.6 Å². The van der Waals surface area contributed by atoms with Gasteiger partial charge in [-0.05, 0) is 49.6 Å². The highest BCUT2D eigenvalue weighted by molar-refractivity contribution is 6.04. The Morgan fingerprint density at radius 3 is 2.26 bits per heavy atom. The van der Waals surface area contributed by atoms with Gasteiger partial charge in [0, 0.05) is 0 Å². The van der Waals surface area contributed by atoms with Crippen LogP contribution >= 0.6 is 0 Å². The van der Waals surface area contributed by atoms with Crippen LogP contribution in [0.5, 0.6) is 5.75 Å². The van der Waals surface area contributed by atoms with Crippen molar-refractivity contribution >= 4 is 17.5 Å². The van der Waals surface area contributed by atoms with Crippen molar-refractivity contribution in [3.63, 3.8) is 0 Å². The van der Waals surface area contributed by atoms with E-state index in [0.29, 0.717) is 17.0 Å². The molecule has 0 aliphatic carbocycles. The summed E-state index contributed by atoms with van der Waals surface area (Å²) >= 11 is 0. The summed E-state index contributed by atoms with van der Waals surface area (Å²) in [4.78, 5) is 25.6. The van der Waals surface area contributed by atoms with Gasteiger partial charge in [-0.15, -0.1) is 0 Å². The number of ether oxygens (including phenoxy) is 1. The van der Waals surface area contributed by atoms with E-state index in [9.17, 15) is 9.59 Å². The molecular formula is C26H28N2O3. The van der Waals surface area contributed by atoms with E-state index >= 15 is 0 Å². The highest BCUT2D eigenvalue weighted by Crippen LogP contribution is 2.21. The van der Waals surface area contributed by atoms with Crippen molar-refractivity contribution in [3.05, 3.63) is 95.6 Å². The van der Waals surface area contributed by atoms with Crippen molar-refractivity contribution in [3.8, 4) is 5.75 Å². The van der Waals surface area contributed by atoms with Crippen LogP contribution in [0.15, 0.2) is 78.9 Å². The molecule has 0 bridgehead atoms. The number of carbonyl (C=O) groups is 2. The molecular weight excluding hydrogens is 388 g/mol. The highest BCUT2D eigenvalue weighted by atomic mass is 16.5. The Labute approximate surface area is 183 Å². The molecule has 0 aliphatic rings. The molecule has 2 atom stereocenters. The van der Waals surface area contributed by atoms with Crippen molar-refractivity contribution in [1.82, 2.24) is 5.32 Å². The topological polar surface area (TPSA) is 67.4 Å². The average molecular weight is 417 g/mol. The van der Waals surface area contributed by atoms with Crippen molar-refractivity contribution in [2.45, 2.75) is 39.3 Å². The zero-order valence-corrected chi connectivity index (χ0v) is 18.1. The monoisotopic (exact) mass is 416 g/mol. The molecule has 160 valence electrons. The maximum absolute atomic E-state index is 12.9. The van der Waals surface area contributed by atoms with Crippen LogP contribution in [0.3, 0.4) is 0 Å². The fraction of sp³-hybridized carbons (Fsp3) is 0.231. The molecule has 0 aromatic heterocycles. The zero-order valence-electron chi connectivity index (χ0n) is 18.1. The molecule has 3 aromatic carbocycles. The van der Waals surface area contributed by atoms with Crippen molar-refractivity contribution in [1.29, 1.82) is 0 Å². The third-order valence-corrected chi connectivity index (χ3v) is 5.10. The minimum absolute atomic E-state index is 0.162. The molecule has 0 spiro atoms. The molecule has 5 nitrogen and oxygen atoms in total. The summed E-state index contributed by atoms with van der Waals surface area (Å²) in [5.74, 6) is 0.120. The van der Waals surface area contributed by atoms with Gasteiger partial charge < -0.3 is 15.4 Å². The molecule has 3 aromatic rings. The molecule has 31 heavy (non-hydrogen) atoms. The van der Waals surface area contributed by atoms with Crippen molar-refractivity contribution in [2.24, 2.45) is 0 Å². The first kappa shape index (κ1) is 22.1. The Balaban J connectivity index is 1.69. The largest absolute Gasteiger partial charge is 0.481 e. The van der Waals surface area contributed by atoms with Crippen LogP contribution in [0.4, 0.5) is 5.69 Å². The number of aryl methyl sites for hydroxylation is 1. The summed E-state index contributed by atoms with van der Waals surface area (Å²) in [6, 6.07) is 24.2. The molecule has 0 fully saturated rings. The Morgan fingerprint density at radius 2 is 1.52 bits per heavy atom. The standard InChI is InChI=1S/C26H28N2O3/c1-4-20-12-8-11-17-24(20)31-19(3)25(29)28-23-16-10-9-15-22(23)26(30)27-18(2)21-13-6-5-7-14-21/h5-19H,4H2,1-3H3,(H,27,30)(H,28,29)/t18-,19-/m1/s1. The first-order chi connectivity index (χ1) is 15.0. The van der Waals surface area contributed by atoms with Gasteiger partial charge in [0.2, 0.25) is 0 Å². The van der Waals surface area contributed by atoms with Gasteiger partial charge in [-0.25, -0.2) is 0 Å². The second-order valence-corrected chi connectivity index (χ2v) is 7.36. The van der Waals surface area contributed by atoms with Gasteiger partial charge in [0.05, 0.1) is 17.3 Å². The number of anilines is 1. The van der Waals surface area contributed by atoms with E-state index in [-0.39, 0.29) is 17.9 Å². The maximum Gasteiger partial charge on any atom is 0.265 e. The summed E-state index contributed by atoms with van der Waals surface area (Å²) in [6.45, 7) is 5.66. The van der Waals surface area contributed by atoms with Crippen molar-refractivity contribution < 1.29 is 14.3 Å². The Kier molecular flexibility index (Phi) is 7.44. The smallest absolute Gasteiger partial charge is 0.265 e. The van der Waals surface area contributed by atoms with Gasteiger partial charge in [-0.1, -0.05) is 67.6 Å². The summed E-state index contributed by atoms with van der Waals surface area (Å²) in [6.07, 6.45) is 0.0969. The van der Waals surface area contributed by atoms with Crippen LogP contribution in [0.2, 0.25) is 0 Å². The third-order valence-electron chi connectivity index (χ3n) is 5.10. The number of amides is 2. The molecule has 2 N–H and O–H groups in total. The molecule has 0 unspecified atom stereocenters. The normalized spacial score (nSPS) is 12.5. The Hall–Kier alpha value is -3.60. The average Bonchev–Trinajstić information content (AvgIpc) is 2.80. The lowest BCUT2D eigenvalue weighted by molar-refractivity contribution is -0.122. The number of nitrogens with one attached hydrogen (secondary N) is 2. The van der Waals surface area contributed by atoms with Gasteiger partial charge in [0.25, 0.3) is 11.8 Å². The molecule has 0 aliphatic heterocycles. The van der Waals surface area contributed by atoms with E-state index in [1.165, 1.54) is 0 Å². The SMILES string of the molecule is CCc1ccccc1O[C@H](C)C(=O)Nc1ccccc1C(=O)N[C@H](C)c1ccccc1. The second-order valence-electron chi connectivity index (χ2n) is 7.36. The van der Waals surface area contributed by atoms with Crippen LogP contribution < -0.4 is 15.4 Å². The maximum atomic E-state index is 12.9. The summed E-state index contributed by atoms with van der Waals surface area (Å²) in [7, 11) is 0. The highest BCUT2D eigenvalue weighted by Gasteiger charge is 2.20. The van der Waals surface area contributed by atoms with E-state index in [0.717, 1.165) is 17.5 Å². The molecule has 0 saturated heterocycles.